The molecule has 1 N–H and O–H groups in total. The van der Waals surface area contributed by atoms with Gasteiger partial charge in [-0.1, -0.05) is 36.4 Å². The van der Waals surface area contributed by atoms with E-state index in [-0.39, 0.29) is 12.3 Å². The van der Waals surface area contributed by atoms with E-state index in [4.69, 9.17) is 0 Å². The highest BCUT2D eigenvalue weighted by Crippen LogP contribution is 2.08. The van der Waals surface area contributed by atoms with Crippen molar-refractivity contribution in [3.63, 3.8) is 0 Å². The van der Waals surface area contributed by atoms with Gasteiger partial charge in [0.1, 0.15) is 0 Å². The zero-order chi connectivity index (χ0) is 18.2. The van der Waals surface area contributed by atoms with Crippen molar-refractivity contribution in [1.82, 2.24) is 19.5 Å². The normalized spacial score (nSPS) is 16.6. The van der Waals surface area contributed by atoms with Crippen LogP contribution in [0.2, 0.25) is 0 Å². The first-order valence-electron chi connectivity index (χ1n) is 8.97. The summed E-state index contributed by atoms with van der Waals surface area (Å²) >= 11 is 0. The molecule has 1 fully saturated rings. The van der Waals surface area contributed by atoms with Gasteiger partial charge in [0.15, 0.2) is 0 Å². The third-order valence-electron chi connectivity index (χ3n) is 4.59. The minimum absolute atomic E-state index is 0.124. The van der Waals surface area contributed by atoms with Crippen LogP contribution in [0.3, 0.4) is 0 Å². The average Bonchev–Trinajstić information content (AvgIpc) is 2.68. The summed E-state index contributed by atoms with van der Waals surface area (Å²) in [6.07, 6.45) is 1.67. The van der Waals surface area contributed by atoms with Gasteiger partial charge in [-0.2, -0.15) is 0 Å². The van der Waals surface area contributed by atoms with Crippen molar-refractivity contribution in [2.75, 3.05) is 38.5 Å². The number of piperazine rings is 1. The first-order chi connectivity index (χ1) is 12.6. The molecule has 1 aliphatic rings. The number of hydrogen-bond acceptors (Lipinski definition) is 5. The van der Waals surface area contributed by atoms with Crippen molar-refractivity contribution in [2.45, 2.75) is 13.1 Å². The summed E-state index contributed by atoms with van der Waals surface area (Å²) in [5, 5.41) is 0. The van der Waals surface area contributed by atoms with Crippen molar-refractivity contribution in [3.8, 4) is 0 Å². The predicted molar refractivity (Wildman–Crippen MR) is 103 cm³/mol. The molecular weight excluding hydrogens is 348 g/mol. The molecule has 140 valence electrons. The number of benzene rings is 1. The van der Waals surface area contributed by atoms with E-state index < -0.39 is 10.0 Å². The summed E-state index contributed by atoms with van der Waals surface area (Å²) in [5.74, 6) is 0.124. The van der Waals surface area contributed by atoms with Gasteiger partial charge in [0, 0.05) is 45.5 Å². The fourth-order valence-electron chi connectivity index (χ4n) is 3.02. The number of aromatic nitrogens is 1. The van der Waals surface area contributed by atoms with Gasteiger partial charge in [0.25, 0.3) is 0 Å². The summed E-state index contributed by atoms with van der Waals surface area (Å²) in [5.41, 5.74) is 2.05. The fraction of sp³-hybridized carbons (Fsp3) is 0.421. The third-order valence-corrected chi connectivity index (χ3v) is 5.89. The Morgan fingerprint density at radius 2 is 1.62 bits per heavy atom. The zero-order valence-corrected chi connectivity index (χ0v) is 15.7. The fourth-order valence-corrected chi connectivity index (χ4v) is 4.03. The molecular formula is C19H26N4O2S. The highest BCUT2D eigenvalue weighted by atomic mass is 32.2. The van der Waals surface area contributed by atoms with E-state index in [2.05, 4.69) is 43.8 Å². The quantitative estimate of drug-likeness (QED) is 0.755. The molecule has 1 aromatic carbocycles. The number of nitrogens with zero attached hydrogens (tertiary/aromatic N) is 3. The topological polar surface area (TPSA) is 65.5 Å². The predicted octanol–water partition coefficient (Wildman–Crippen LogP) is 1.32. The molecule has 1 saturated heterocycles. The molecule has 3 rings (SSSR count). The van der Waals surface area contributed by atoms with Crippen LogP contribution >= 0.6 is 0 Å². The van der Waals surface area contributed by atoms with Crippen LogP contribution in [-0.2, 0) is 23.1 Å². The average molecular weight is 375 g/mol. The Hall–Kier alpha value is -1.80. The lowest BCUT2D eigenvalue weighted by Gasteiger charge is -2.34. The number of hydrogen-bond donors (Lipinski definition) is 1. The highest BCUT2D eigenvalue weighted by molar-refractivity contribution is 7.89. The minimum Gasteiger partial charge on any atom is -0.300 e. The van der Waals surface area contributed by atoms with E-state index in [1.54, 1.807) is 6.20 Å². The standard InChI is InChI=1S/C19H26N4O2S/c24-26(25,21-16-19-8-4-5-9-20-19)15-14-22-10-12-23(13-11-22)17-18-6-2-1-3-7-18/h1-9,21H,10-17H2. The van der Waals surface area contributed by atoms with Crippen molar-refractivity contribution < 1.29 is 8.42 Å². The molecule has 0 saturated carbocycles. The van der Waals surface area contributed by atoms with Gasteiger partial charge in [0.05, 0.1) is 18.0 Å². The Labute approximate surface area is 155 Å². The second kappa shape index (κ2) is 9.23. The van der Waals surface area contributed by atoms with Gasteiger partial charge in [0.2, 0.25) is 10.0 Å². The molecule has 0 radical (unpaired) electrons. The summed E-state index contributed by atoms with van der Waals surface area (Å²) in [6, 6.07) is 15.9. The Morgan fingerprint density at radius 1 is 0.923 bits per heavy atom. The molecule has 6 nitrogen and oxygen atoms in total. The van der Waals surface area contributed by atoms with Crippen LogP contribution in [0.25, 0.3) is 0 Å². The smallest absolute Gasteiger partial charge is 0.213 e. The highest BCUT2D eigenvalue weighted by Gasteiger charge is 2.19. The molecule has 0 atom stereocenters. The van der Waals surface area contributed by atoms with Crippen molar-refractivity contribution in [3.05, 3.63) is 66.0 Å². The van der Waals surface area contributed by atoms with Crippen LogP contribution in [0, 0.1) is 0 Å². The third kappa shape index (κ3) is 6.17. The van der Waals surface area contributed by atoms with Crippen LogP contribution in [0.4, 0.5) is 0 Å². The van der Waals surface area contributed by atoms with Gasteiger partial charge < -0.3 is 0 Å². The maximum Gasteiger partial charge on any atom is 0.213 e. The lowest BCUT2D eigenvalue weighted by molar-refractivity contribution is 0.132. The van der Waals surface area contributed by atoms with E-state index >= 15 is 0 Å². The molecule has 0 bridgehead atoms. The maximum absolute atomic E-state index is 12.2. The van der Waals surface area contributed by atoms with Gasteiger partial charge >= 0.3 is 0 Å². The van der Waals surface area contributed by atoms with E-state index in [9.17, 15) is 8.42 Å². The molecule has 26 heavy (non-hydrogen) atoms. The first-order valence-corrected chi connectivity index (χ1v) is 10.6. The van der Waals surface area contributed by atoms with Crippen LogP contribution in [0.5, 0.6) is 0 Å². The number of sulfonamides is 1. The number of nitrogens with one attached hydrogen (secondary N) is 1. The Kier molecular flexibility index (Phi) is 6.73. The van der Waals surface area contributed by atoms with Gasteiger partial charge in [-0.3, -0.25) is 14.8 Å². The van der Waals surface area contributed by atoms with E-state index in [0.29, 0.717) is 6.54 Å². The van der Waals surface area contributed by atoms with Crippen molar-refractivity contribution >= 4 is 10.0 Å². The number of pyridine rings is 1. The second-order valence-corrected chi connectivity index (χ2v) is 8.49. The SMILES string of the molecule is O=S(=O)(CCN1CCN(Cc2ccccc2)CC1)NCc1ccccn1. The molecule has 7 heteroatoms. The maximum atomic E-state index is 12.2. The Morgan fingerprint density at radius 3 is 2.31 bits per heavy atom. The molecule has 1 aliphatic heterocycles. The summed E-state index contributed by atoms with van der Waals surface area (Å²) in [6.45, 7) is 5.52. The second-order valence-electron chi connectivity index (χ2n) is 6.56. The van der Waals surface area contributed by atoms with Crippen molar-refractivity contribution in [1.29, 1.82) is 0 Å². The molecule has 1 aromatic heterocycles. The van der Waals surface area contributed by atoms with E-state index in [0.717, 1.165) is 38.4 Å². The lowest BCUT2D eigenvalue weighted by Crippen LogP contribution is -2.47. The van der Waals surface area contributed by atoms with Gasteiger partial charge in [-0.25, -0.2) is 13.1 Å². The van der Waals surface area contributed by atoms with Crippen LogP contribution in [0.15, 0.2) is 54.7 Å². The molecule has 2 heterocycles. The Balaban J connectivity index is 1.37. The zero-order valence-electron chi connectivity index (χ0n) is 14.9. The molecule has 2 aromatic rings. The lowest BCUT2D eigenvalue weighted by atomic mass is 10.2. The first kappa shape index (κ1) is 19.0. The van der Waals surface area contributed by atoms with Crippen molar-refractivity contribution in [2.24, 2.45) is 0 Å². The summed E-state index contributed by atoms with van der Waals surface area (Å²) in [4.78, 5) is 8.77. The minimum atomic E-state index is -3.29. The largest absolute Gasteiger partial charge is 0.300 e. The molecule has 0 unspecified atom stereocenters. The van der Waals surface area contributed by atoms with Crippen LogP contribution in [-0.4, -0.2) is 61.7 Å². The van der Waals surface area contributed by atoms with E-state index in [1.165, 1.54) is 5.56 Å². The van der Waals surface area contributed by atoms with Gasteiger partial charge in [-0.15, -0.1) is 0 Å². The molecule has 0 amide bonds. The van der Waals surface area contributed by atoms with Crippen LogP contribution in [0.1, 0.15) is 11.3 Å². The summed E-state index contributed by atoms with van der Waals surface area (Å²) in [7, 11) is -3.29. The Bertz CT molecular complexity index is 761. The summed E-state index contributed by atoms with van der Waals surface area (Å²) < 4.78 is 27.0. The molecule has 0 spiro atoms. The van der Waals surface area contributed by atoms with Gasteiger partial charge in [-0.05, 0) is 17.7 Å². The molecule has 0 aliphatic carbocycles. The number of rotatable bonds is 8. The van der Waals surface area contributed by atoms with E-state index in [1.807, 2.05) is 24.3 Å². The van der Waals surface area contributed by atoms with Crippen LogP contribution < -0.4 is 4.72 Å². The monoisotopic (exact) mass is 374 g/mol.